The third-order valence-corrected chi connectivity index (χ3v) is 2.84. The van der Waals surface area contributed by atoms with Crippen LogP contribution in [0.4, 0.5) is 0 Å². The van der Waals surface area contributed by atoms with Crippen molar-refractivity contribution in [3.63, 3.8) is 0 Å². The number of hydrogen-bond donors (Lipinski definition) is 0. The third-order valence-electron chi connectivity index (χ3n) is 2.84. The molecule has 2 heteroatoms. The van der Waals surface area contributed by atoms with E-state index in [0.29, 0.717) is 0 Å². The molecule has 0 fully saturated rings. The number of fused-ring (bicyclic) bond motifs is 1. The van der Waals surface area contributed by atoms with Gasteiger partial charge in [0.25, 0.3) is 0 Å². The lowest BCUT2D eigenvalue weighted by Gasteiger charge is -2.03. The predicted octanol–water partition coefficient (Wildman–Crippen LogP) is 3.33. The molecule has 2 aromatic heterocycles. The minimum absolute atomic E-state index is 1.10. The maximum atomic E-state index is 4.16. The molecule has 0 atom stereocenters. The highest BCUT2D eigenvalue weighted by Crippen LogP contribution is 2.23. The molecule has 78 valence electrons. The largest absolute Gasteiger partial charge is 0.315 e. The zero-order chi connectivity index (χ0) is 11.0. The molecular weight excluding hydrogens is 196 g/mol. The van der Waals surface area contributed by atoms with Crippen LogP contribution < -0.4 is 0 Å². The summed E-state index contributed by atoms with van der Waals surface area (Å²) in [4.78, 5) is 4.16. The molecule has 0 bridgehead atoms. The van der Waals surface area contributed by atoms with Gasteiger partial charge in [-0.05, 0) is 30.7 Å². The summed E-state index contributed by atoms with van der Waals surface area (Å²) in [5.74, 6) is 0. The molecule has 0 amide bonds. The van der Waals surface area contributed by atoms with Gasteiger partial charge in [-0.3, -0.25) is 4.98 Å². The zero-order valence-electron chi connectivity index (χ0n) is 9.09. The van der Waals surface area contributed by atoms with E-state index in [1.807, 2.05) is 12.3 Å². The first-order chi connectivity index (χ1) is 7.86. The van der Waals surface area contributed by atoms with Crippen molar-refractivity contribution in [2.24, 2.45) is 0 Å². The van der Waals surface area contributed by atoms with E-state index < -0.39 is 0 Å². The number of para-hydroxylation sites is 1. The average Bonchev–Trinajstić information content (AvgIpc) is 2.69. The third kappa shape index (κ3) is 1.31. The number of aryl methyl sites for hydroxylation is 1. The van der Waals surface area contributed by atoms with Gasteiger partial charge >= 0.3 is 0 Å². The molecule has 0 N–H and O–H groups in total. The van der Waals surface area contributed by atoms with Crippen LogP contribution in [0.25, 0.3) is 16.6 Å². The minimum atomic E-state index is 1.10. The quantitative estimate of drug-likeness (QED) is 0.599. The molecule has 2 nitrogen and oxygen atoms in total. The fraction of sp³-hybridized carbons (Fsp3) is 0.0714. The van der Waals surface area contributed by atoms with Gasteiger partial charge in [0.2, 0.25) is 0 Å². The van der Waals surface area contributed by atoms with Crippen molar-refractivity contribution in [3.05, 3.63) is 60.6 Å². The van der Waals surface area contributed by atoms with Crippen molar-refractivity contribution in [1.82, 2.24) is 9.55 Å². The average molecular weight is 208 g/mol. The van der Waals surface area contributed by atoms with Crippen molar-refractivity contribution in [1.29, 1.82) is 0 Å². The van der Waals surface area contributed by atoms with Gasteiger partial charge in [0.05, 0.1) is 17.4 Å². The van der Waals surface area contributed by atoms with E-state index in [1.165, 1.54) is 16.5 Å². The molecule has 0 radical (unpaired) electrons. The first-order valence-electron chi connectivity index (χ1n) is 5.33. The van der Waals surface area contributed by atoms with E-state index in [4.69, 9.17) is 0 Å². The van der Waals surface area contributed by atoms with Crippen molar-refractivity contribution in [2.75, 3.05) is 0 Å². The van der Waals surface area contributed by atoms with E-state index in [9.17, 15) is 0 Å². The number of aromatic nitrogens is 2. The Morgan fingerprint density at radius 1 is 1.06 bits per heavy atom. The van der Waals surface area contributed by atoms with Gasteiger partial charge in [0.1, 0.15) is 0 Å². The van der Waals surface area contributed by atoms with Crippen molar-refractivity contribution in [3.8, 4) is 5.69 Å². The lowest BCUT2D eigenvalue weighted by Crippen LogP contribution is -1.91. The van der Waals surface area contributed by atoms with Crippen LogP contribution >= 0.6 is 0 Å². The van der Waals surface area contributed by atoms with Gasteiger partial charge < -0.3 is 4.57 Å². The summed E-state index contributed by atoms with van der Waals surface area (Å²) in [6, 6.07) is 12.4. The van der Waals surface area contributed by atoms with Crippen LogP contribution in [0.1, 0.15) is 5.56 Å². The summed E-state index contributed by atoms with van der Waals surface area (Å²) in [6.45, 7) is 2.13. The highest BCUT2D eigenvalue weighted by Gasteiger charge is 2.05. The molecular formula is C14H12N2. The van der Waals surface area contributed by atoms with Crippen molar-refractivity contribution in [2.45, 2.75) is 6.92 Å². The van der Waals surface area contributed by atoms with Gasteiger partial charge in [-0.1, -0.05) is 18.2 Å². The highest BCUT2D eigenvalue weighted by atomic mass is 15.0. The normalized spacial score (nSPS) is 10.8. The van der Waals surface area contributed by atoms with Gasteiger partial charge in [0, 0.05) is 17.8 Å². The lowest BCUT2D eigenvalue weighted by molar-refractivity contribution is 1.09. The first kappa shape index (κ1) is 9.16. The van der Waals surface area contributed by atoms with E-state index in [2.05, 4.69) is 53.0 Å². The molecule has 0 saturated heterocycles. The van der Waals surface area contributed by atoms with Crippen LogP contribution in [0.3, 0.4) is 0 Å². The van der Waals surface area contributed by atoms with Gasteiger partial charge in [-0.25, -0.2) is 0 Å². The van der Waals surface area contributed by atoms with Crippen LogP contribution in [-0.4, -0.2) is 9.55 Å². The molecule has 3 rings (SSSR count). The Morgan fingerprint density at radius 2 is 1.94 bits per heavy atom. The van der Waals surface area contributed by atoms with Crippen LogP contribution in [0.15, 0.2) is 55.0 Å². The SMILES string of the molecule is Cc1cn(-c2cccnc2)c2ccccc12. The molecule has 16 heavy (non-hydrogen) atoms. The number of rotatable bonds is 1. The molecule has 0 spiro atoms. The number of pyridine rings is 1. The molecule has 3 aromatic rings. The van der Waals surface area contributed by atoms with Crippen LogP contribution in [0.5, 0.6) is 0 Å². The monoisotopic (exact) mass is 208 g/mol. The van der Waals surface area contributed by atoms with Crippen molar-refractivity contribution >= 4 is 10.9 Å². The molecule has 0 aliphatic carbocycles. The smallest absolute Gasteiger partial charge is 0.0639 e. The van der Waals surface area contributed by atoms with Gasteiger partial charge in [-0.2, -0.15) is 0 Å². The zero-order valence-corrected chi connectivity index (χ0v) is 9.09. The molecule has 2 heterocycles. The number of nitrogens with zero attached hydrogens (tertiary/aromatic N) is 2. The Balaban J connectivity index is 2.33. The summed E-state index contributed by atoms with van der Waals surface area (Å²) in [6.07, 6.45) is 5.83. The fourth-order valence-electron chi connectivity index (χ4n) is 2.06. The second-order valence-corrected chi connectivity index (χ2v) is 3.91. The van der Waals surface area contributed by atoms with Crippen LogP contribution in [-0.2, 0) is 0 Å². The van der Waals surface area contributed by atoms with E-state index in [-0.39, 0.29) is 0 Å². The summed E-state index contributed by atoms with van der Waals surface area (Å²) in [5.41, 5.74) is 3.62. The fourth-order valence-corrected chi connectivity index (χ4v) is 2.06. The van der Waals surface area contributed by atoms with Gasteiger partial charge in [0.15, 0.2) is 0 Å². The lowest BCUT2D eigenvalue weighted by atomic mass is 10.2. The Kier molecular flexibility index (Phi) is 2.00. The first-order valence-corrected chi connectivity index (χ1v) is 5.33. The highest BCUT2D eigenvalue weighted by molar-refractivity contribution is 5.85. The summed E-state index contributed by atoms with van der Waals surface area (Å²) in [7, 11) is 0. The van der Waals surface area contributed by atoms with Crippen molar-refractivity contribution < 1.29 is 0 Å². The maximum Gasteiger partial charge on any atom is 0.0639 e. The molecule has 1 aromatic carbocycles. The predicted molar refractivity (Wildman–Crippen MR) is 65.8 cm³/mol. The Hall–Kier alpha value is -2.09. The van der Waals surface area contributed by atoms with Crippen LogP contribution in [0.2, 0.25) is 0 Å². The molecule has 0 aliphatic rings. The maximum absolute atomic E-state index is 4.16. The summed E-state index contributed by atoms with van der Waals surface area (Å²) >= 11 is 0. The second-order valence-electron chi connectivity index (χ2n) is 3.91. The topological polar surface area (TPSA) is 17.8 Å². The summed E-state index contributed by atoms with van der Waals surface area (Å²) < 4.78 is 2.18. The van der Waals surface area contributed by atoms with E-state index in [0.717, 1.165) is 5.69 Å². The van der Waals surface area contributed by atoms with E-state index in [1.54, 1.807) is 6.20 Å². The van der Waals surface area contributed by atoms with E-state index >= 15 is 0 Å². The summed E-state index contributed by atoms with van der Waals surface area (Å²) in [5, 5.41) is 1.30. The Labute approximate surface area is 94.2 Å². The van der Waals surface area contributed by atoms with Gasteiger partial charge in [-0.15, -0.1) is 0 Å². The number of hydrogen-bond acceptors (Lipinski definition) is 1. The second kappa shape index (κ2) is 3.49. The molecule has 0 aliphatic heterocycles. The minimum Gasteiger partial charge on any atom is -0.315 e. The van der Waals surface area contributed by atoms with Crippen LogP contribution in [0, 0.1) is 6.92 Å². The molecule has 0 saturated carbocycles. The number of benzene rings is 1. The Morgan fingerprint density at radius 3 is 2.75 bits per heavy atom. The Bertz CT molecular complexity index is 624. The standard InChI is InChI=1S/C14H12N2/c1-11-10-16(12-5-4-8-15-9-12)14-7-3-2-6-13(11)14/h2-10H,1H3. The molecule has 0 unspecified atom stereocenters.